The first-order valence-electron chi connectivity index (χ1n) is 4.60. The number of nitrogens with zero attached hydrogens (tertiary/aromatic N) is 2. The molecule has 2 aromatic rings. The van der Waals surface area contributed by atoms with Crippen molar-refractivity contribution in [3.63, 3.8) is 0 Å². The monoisotopic (exact) mass is 238 g/mol. The summed E-state index contributed by atoms with van der Waals surface area (Å²) in [5.74, 6) is 0.576. The summed E-state index contributed by atoms with van der Waals surface area (Å²) in [7, 11) is -3.13. The summed E-state index contributed by atoms with van der Waals surface area (Å²) in [5.41, 5.74) is 0.939. The van der Waals surface area contributed by atoms with E-state index in [1.165, 1.54) is 12.6 Å². The summed E-state index contributed by atoms with van der Waals surface area (Å²) in [6, 6.07) is 6.63. The summed E-state index contributed by atoms with van der Waals surface area (Å²) < 4.78 is 27.1. The Balaban J connectivity index is 2.20. The van der Waals surface area contributed by atoms with Crippen molar-refractivity contribution < 1.29 is 12.9 Å². The number of hydrogen-bond acceptors (Lipinski definition) is 5. The minimum absolute atomic E-state index is 0.310. The number of benzene rings is 1. The van der Waals surface area contributed by atoms with Crippen LogP contribution in [0, 0.1) is 0 Å². The lowest BCUT2D eigenvalue weighted by molar-refractivity contribution is 0.411. The molecular formula is C10H10N2O3S. The molecule has 0 spiro atoms. The van der Waals surface area contributed by atoms with Gasteiger partial charge in [0.05, 0.1) is 4.90 Å². The van der Waals surface area contributed by atoms with Gasteiger partial charge in [-0.25, -0.2) is 8.42 Å². The van der Waals surface area contributed by atoms with Gasteiger partial charge in [0.1, 0.15) is 0 Å². The van der Waals surface area contributed by atoms with Crippen molar-refractivity contribution in [1.29, 1.82) is 0 Å². The van der Waals surface area contributed by atoms with Gasteiger partial charge in [-0.15, -0.1) is 0 Å². The molecule has 0 aliphatic carbocycles. The van der Waals surface area contributed by atoms with Gasteiger partial charge in [-0.1, -0.05) is 17.3 Å². The van der Waals surface area contributed by atoms with Gasteiger partial charge >= 0.3 is 0 Å². The van der Waals surface area contributed by atoms with Crippen LogP contribution in [-0.4, -0.2) is 24.8 Å². The molecule has 0 fully saturated rings. The smallest absolute Gasteiger partial charge is 0.213 e. The Bertz CT molecular complexity index is 559. The quantitative estimate of drug-likeness (QED) is 0.799. The largest absolute Gasteiger partial charge is 0.343 e. The van der Waals surface area contributed by atoms with Crippen LogP contribution >= 0.6 is 0 Å². The molecule has 0 radical (unpaired) electrons. The minimum Gasteiger partial charge on any atom is -0.343 e. The molecule has 0 aliphatic heterocycles. The van der Waals surface area contributed by atoms with Gasteiger partial charge in [0.15, 0.2) is 15.7 Å². The summed E-state index contributed by atoms with van der Waals surface area (Å²) >= 11 is 0. The van der Waals surface area contributed by atoms with Gasteiger partial charge < -0.3 is 4.52 Å². The van der Waals surface area contributed by atoms with Crippen LogP contribution in [0.15, 0.2) is 40.1 Å². The summed E-state index contributed by atoms with van der Waals surface area (Å²) in [6.07, 6.45) is 2.97. The van der Waals surface area contributed by atoms with E-state index in [4.69, 9.17) is 0 Å². The lowest BCUT2D eigenvalue weighted by Gasteiger charge is -2.00. The molecule has 0 unspecified atom stereocenters. The van der Waals surface area contributed by atoms with E-state index in [1.807, 2.05) is 0 Å². The highest BCUT2D eigenvalue weighted by Crippen LogP contribution is 2.12. The fourth-order valence-electron chi connectivity index (χ4n) is 1.31. The maximum absolute atomic E-state index is 11.2. The molecule has 0 saturated carbocycles. The van der Waals surface area contributed by atoms with Crippen LogP contribution in [0.3, 0.4) is 0 Å². The molecule has 6 heteroatoms. The number of sulfone groups is 1. The Morgan fingerprint density at radius 1 is 1.25 bits per heavy atom. The van der Waals surface area contributed by atoms with Crippen molar-refractivity contribution in [1.82, 2.24) is 10.1 Å². The zero-order chi connectivity index (χ0) is 11.6. The summed E-state index contributed by atoms with van der Waals surface area (Å²) in [5, 5.41) is 3.68. The fraction of sp³-hybridized carbons (Fsp3) is 0.200. The number of hydrogen-bond donors (Lipinski definition) is 0. The van der Waals surface area contributed by atoms with E-state index in [-0.39, 0.29) is 0 Å². The molecule has 0 amide bonds. The predicted molar refractivity (Wildman–Crippen MR) is 56.7 cm³/mol. The Hall–Kier alpha value is -1.69. The molecule has 0 N–H and O–H groups in total. The van der Waals surface area contributed by atoms with E-state index in [0.29, 0.717) is 17.1 Å². The van der Waals surface area contributed by atoms with E-state index in [0.717, 1.165) is 5.56 Å². The zero-order valence-electron chi connectivity index (χ0n) is 8.62. The molecule has 1 aromatic carbocycles. The lowest BCUT2D eigenvalue weighted by Crippen LogP contribution is -1.97. The van der Waals surface area contributed by atoms with E-state index in [2.05, 4.69) is 14.7 Å². The first-order chi connectivity index (χ1) is 7.55. The Labute approximate surface area is 93.0 Å². The van der Waals surface area contributed by atoms with E-state index < -0.39 is 9.84 Å². The molecule has 0 atom stereocenters. The third kappa shape index (κ3) is 2.46. The molecule has 0 saturated heterocycles. The highest BCUT2D eigenvalue weighted by Gasteiger charge is 2.07. The second-order valence-electron chi connectivity index (χ2n) is 3.44. The van der Waals surface area contributed by atoms with Crippen LogP contribution in [0.1, 0.15) is 11.4 Å². The normalized spacial score (nSPS) is 11.6. The molecular weight excluding hydrogens is 228 g/mol. The first kappa shape index (κ1) is 10.8. The molecule has 2 rings (SSSR count). The molecule has 0 bridgehead atoms. The minimum atomic E-state index is -3.13. The van der Waals surface area contributed by atoms with Gasteiger partial charge in [-0.3, -0.25) is 0 Å². The molecule has 1 aromatic heterocycles. The van der Waals surface area contributed by atoms with Crippen molar-refractivity contribution in [3.05, 3.63) is 42.0 Å². The Morgan fingerprint density at radius 3 is 2.44 bits per heavy atom. The first-order valence-corrected chi connectivity index (χ1v) is 6.49. The van der Waals surface area contributed by atoms with E-state index in [1.54, 1.807) is 24.3 Å². The van der Waals surface area contributed by atoms with E-state index >= 15 is 0 Å². The molecule has 0 aliphatic rings. The summed E-state index contributed by atoms with van der Waals surface area (Å²) in [4.78, 5) is 4.20. The zero-order valence-corrected chi connectivity index (χ0v) is 9.44. The average molecular weight is 238 g/mol. The molecule has 16 heavy (non-hydrogen) atoms. The lowest BCUT2D eigenvalue weighted by atomic mass is 10.1. The Morgan fingerprint density at radius 2 is 1.94 bits per heavy atom. The highest BCUT2D eigenvalue weighted by atomic mass is 32.2. The van der Waals surface area contributed by atoms with Crippen molar-refractivity contribution >= 4 is 9.84 Å². The molecule has 5 nitrogen and oxygen atoms in total. The van der Waals surface area contributed by atoms with E-state index in [9.17, 15) is 8.42 Å². The van der Waals surface area contributed by atoms with Gasteiger partial charge in [0.25, 0.3) is 0 Å². The predicted octanol–water partition coefficient (Wildman–Crippen LogP) is 1.06. The third-order valence-corrected chi connectivity index (χ3v) is 3.25. The Kier molecular flexibility index (Phi) is 2.74. The number of rotatable bonds is 3. The maximum Gasteiger partial charge on any atom is 0.213 e. The van der Waals surface area contributed by atoms with Crippen molar-refractivity contribution in [3.8, 4) is 0 Å². The topological polar surface area (TPSA) is 73.1 Å². The standard InChI is InChI=1S/C10H10N2O3S/c1-16(13,14)9-4-2-8(3-5-9)6-10-11-7-15-12-10/h2-5,7H,6H2,1H3. The second-order valence-corrected chi connectivity index (χ2v) is 5.46. The van der Waals surface area contributed by atoms with Gasteiger partial charge in [0, 0.05) is 12.7 Å². The maximum atomic E-state index is 11.2. The van der Waals surface area contributed by atoms with Crippen LogP contribution in [0.25, 0.3) is 0 Å². The second kappa shape index (κ2) is 4.05. The third-order valence-electron chi connectivity index (χ3n) is 2.12. The SMILES string of the molecule is CS(=O)(=O)c1ccc(Cc2ncon2)cc1. The molecule has 84 valence electrons. The van der Waals surface area contributed by atoms with Crippen LogP contribution in [-0.2, 0) is 16.3 Å². The fourth-order valence-corrected chi connectivity index (χ4v) is 1.94. The van der Waals surface area contributed by atoms with Crippen molar-refractivity contribution in [2.24, 2.45) is 0 Å². The van der Waals surface area contributed by atoms with Crippen molar-refractivity contribution in [2.75, 3.05) is 6.26 Å². The van der Waals surface area contributed by atoms with Crippen LogP contribution in [0.4, 0.5) is 0 Å². The van der Waals surface area contributed by atoms with Gasteiger partial charge in [-0.05, 0) is 17.7 Å². The number of aromatic nitrogens is 2. The highest BCUT2D eigenvalue weighted by molar-refractivity contribution is 7.90. The molecule has 1 heterocycles. The average Bonchev–Trinajstić information content (AvgIpc) is 2.70. The van der Waals surface area contributed by atoms with Crippen molar-refractivity contribution in [2.45, 2.75) is 11.3 Å². The van der Waals surface area contributed by atoms with Gasteiger partial charge in [-0.2, -0.15) is 4.98 Å². The van der Waals surface area contributed by atoms with Crippen LogP contribution < -0.4 is 0 Å². The van der Waals surface area contributed by atoms with Gasteiger partial charge in [0.2, 0.25) is 6.39 Å². The van der Waals surface area contributed by atoms with Crippen LogP contribution in [0.2, 0.25) is 0 Å². The van der Waals surface area contributed by atoms with Crippen LogP contribution in [0.5, 0.6) is 0 Å². The summed E-state index contributed by atoms with van der Waals surface area (Å²) in [6.45, 7) is 0.